The van der Waals surface area contributed by atoms with Crippen LogP contribution < -0.4 is 4.74 Å². The highest BCUT2D eigenvalue weighted by Crippen LogP contribution is 2.26. The van der Waals surface area contributed by atoms with Crippen LogP contribution in [0.3, 0.4) is 0 Å². The first-order chi connectivity index (χ1) is 10.5. The Balaban J connectivity index is 2.29. The molecule has 1 aromatic rings. The molecule has 0 aromatic heterocycles. The van der Waals surface area contributed by atoms with E-state index in [1.165, 1.54) is 23.5 Å². The molecule has 0 saturated carbocycles. The average Bonchev–Trinajstić information content (AvgIpc) is 2.55. The molecule has 1 fully saturated rings. The number of rotatable bonds is 5. The monoisotopic (exact) mass is 345 g/mol. The molecule has 1 atom stereocenters. The zero-order chi connectivity index (χ0) is 16.2. The Morgan fingerprint density at radius 2 is 2.05 bits per heavy atom. The van der Waals surface area contributed by atoms with Crippen molar-refractivity contribution in [2.45, 2.75) is 17.9 Å². The van der Waals surface area contributed by atoms with Crippen molar-refractivity contribution in [2.75, 3.05) is 31.8 Å². The highest BCUT2D eigenvalue weighted by atomic mass is 32.2. The van der Waals surface area contributed by atoms with Gasteiger partial charge in [-0.1, -0.05) is 0 Å². The lowest BCUT2D eigenvalue weighted by atomic mass is 10.3. The van der Waals surface area contributed by atoms with Crippen LogP contribution in [-0.4, -0.2) is 56.5 Å². The van der Waals surface area contributed by atoms with E-state index < -0.39 is 22.0 Å². The minimum absolute atomic E-state index is 0.148. The molecule has 1 aromatic carbocycles. The Hall–Kier alpha value is -1.25. The zero-order valence-corrected chi connectivity index (χ0v) is 14.2. The van der Waals surface area contributed by atoms with Gasteiger partial charge in [-0.25, -0.2) is 8.42 Å². The van der Waals surface area contributed by atoms with Gasteiger partial charge >= 0.3 is 5.97 Å². The molecule has 22 heavy (non-hydrogen) atoms. The summed E-state index contributed by atoms with van der Waals surface area (Å²) in [7, 11) is -2.22. The molecule has 1 heterocycles. The Bertz CT molecular complexity index is 615. The Morgan fingerprint density at radius 3 is 2.64 bits per heavy atom. The number of esters is 1. The van der Waals surface area contributed by atoms with Crippen LogP contribution in [0.1, 0.15) is 6.92 Å². The van der Waals surface area contributed by atoms with Crippen LogP contribution in [0.2, 0.25) is 0 Å². The molecule has 6 nitrogen and oxygen atoms in total. The van der Waals surface area contributed by atoms with Crippen LogP contribution in [0.4, 0.5) is 0 Å². The van der Waals surface area contributed by atoms with E-state index in [1.807, 2.05) is 0 Å². The topological polar surface area (TPSA) is 72.9 Å². The number of thioether (sulfide) groups is 1. The molecule has 0 N–H and O–H groups in total. The molecule has 1 unspecified atom stereocenters. The van der Waals surface area contributed by atoms with Gasteiger partial charge in [0, 0.05) is 18.1 Å². The first-order valence-electron chi connectivity index (χ1n) is 6.91. The van der Waals surface area contributed by atoms with E-state index in [9.17, 15) is 13.2 Å². The lowest BCUT2D eigenvalue weighted by Crippen LogP contribution is -2.50. The van der Waals surface area contributed by atoms with Gasteiger partial charge < -0.3 is 9.47 Å². The Morgan fingerprint density at radius 1 is 1.36 bits per heavy atom. The largest absolute Gasteiger partial charge is 0.497 e. The van der Waals surface area contributed by atoms with Crippen molar-refractivity contribution in [1.29, 1.82) is 0 Å². The summed E-state index contributed by atoms with van der Waals surface area (Å²) in [5.74, 6) is 1.15. The van der Waals surface area contributed by atoms with Crippen LogP contribution in [0, 0.1) is 0 Å². The van der Waals surface area contributed by atoms with Gasteiger partial charge in [-0.3, -0.25) is 4.79 Å². The van der Waals surface area contributed by atoms with Crippen molar-refractivity contribution >= 4 is 27.8 Å². The number of ether oxygens (including phenoxy) is 2. The second-order valence-corrected chi connectivity index (χ2v) is 7.67. The van der Waals surface area contributed by atoms with E-state index in [4.69, 9.17) is 9.47 Å². The van der Waals surface area contributed by atoms with Gasteiger partial charge in [0.25, 0.3) is 0 Å². The fraction of sp³-hybridized carbons (Fsp3) is 0.500. The number of sulfonamides is 1. The molecular formula is C14H19NO5S2. The smallest absolute Gasteiger partial charge is 0.325 e. The minimum Gasteiger partial charge on any atom is -0.497 e. The van der Waals surface area contributed by atoms with Crippen molar-refractivity contribution in [2.24, 2.45) is 0 Å². The number of nitrogens with zero attached hydrogens (tertiary/aromatic N) is 1. The average molecular weight is 345 g/mol. The van der Waals surface area contributed by atoms with E-state index >= 15 is 0 Å². The quantitative estimate of drug-likeness (QED) is 0.751. The summed E-state index contributed by atoms with van der Waals surface area (Å²) < 4.78 is 36.8. The zero-order valence-electron chi connectivity index (χ0n) is 12.5. The highest BCUT2D eigenvalue weighted by Gasteiger charge is 2.38. The maximum Gasteiger partial charge on any atom is 0.325 e. The molecule has 0 spiro atoms. The summed E-state index contributed by atoms with van der Waals surface area (Å²) >= 11 is 1.55. The molecule has 0 aliphatic carbocycles. The molecule has 0 radical (unpaired) electrons. The van der Waals surface area contributed by atoms with Gasteiger partial charge in [0.2, 0.25) is 10.0 Å². The lowest BCUT2D eigenvalue weighted by molar-refractivity contribution is -0.146. The summed E-state index contributed by atoms with van der Waals surface area (Å²) in [6.07, 6.45) is 0. The number of carbonyl (C=O) groups excluding carboxylic acids is 1. The molecule has 0 amide bonds. The number of benzene rings is 1. The van der Waals surface area contributed by atoms with Crippen LogP contribution >= 0.6 is 11.8 Å². The van der Waals surface area contributed by atoms with E-state index in [0.29, 0.717) is 23.8 Å². The normalized spacial score (nSPS) is 19.6. The lowest BCUT2D eigenvalue weighted by Gasteiger charge is -2.32. The summed E-state index contributed by atoms with van der Waals surface area (Å²) in [6.45, 7) is 2.23. The fourth-order valence-corrected chi connectivity index (χ4v) is 5.00. The van der Waals surface area contributed by atoms with Gasteiger partial charge in [0.1, 0.15) is 11.8 Å². The van der Waals surface area contributed by atoms with Gasteiger partial charge in [-0.2, -0.15) is 16.1 Å². The number of methoxy groups -OCH3 is 1. The summed E-state index contributed by atoms with van der Waals surface area (Å²) in [6, 6.07) is 5.37. The van der Waals surface area contributed by atoms with Crippen LogP contribution in [-0.2, 0) is 19.6 Å². The second kappa shape index (κ2) is 7.34. The van der Waals surface area contributed by atoms with E-state index in [0.717, 1.165) is 0 Å². The van der Waals surface area contributed by atoms with Crippen LogP contribution in [0.5, 0.6) is 5.75 Å². The van der Waals surface area contributed by atoms with Crippen molar-refractivity contribution < 1.29 is 22.7 Å². The predicted molar refractivity (Wildman–Crippen MR) is 84.6 cm³/mol. The molecule has 122 valence electrons. The van der Waals surface area contributed by atoms with Crippen molar-refractivity contribution in [1.82, 2.24) is 4.31 Å². The molecule has 2 rings (SSSR count). The molecule has 1 aliphatic rings. The Kier molecular flexibility index (Phi) is 5.71. The van der Waals surface area contributed by atoms with E-state index in [-0.39, 0.29) is 11.5 Å². The Labute approximate surface area is 134 Å². The summed E-state index contributed by atoms with van der Waals surface area (Å²) in [5, 5.41) is 0. The third kappa shape index (κ3) is 3.56. The molecule has 1 saturated heterocycles. The molecule has 1 aliphatic heterocycles. The molecule has 0 bridgehead atoms. The fourth-order valence-electron chi connectivity index (χ4n) is 2.18. The molecular weight excluding hydrogens is 326 g/mol. The second-order valence-electron chi connectivity index (χ2n) is 4.63. The maximum absolute atomic E-state index is 12.8. The standard InChI is InChI=1S/C14H19NO5S2/c1-3-20-14(16)13-10-21-9-8-15(13)22(17,18)12-6-4-11(19-2)5-7-12/h4-7,13H,3,8-10H2,1-2H3. The highest BCUT2D eigenvalue weighted by molar-refractivity contribution is 7.99. The van der Waals surface area contributed by atoms with Gasteiger partial charge in [0.15, 0.2) is 0 Å². The van der Waals surface area contributed by atoms with E-state index in [2.05, 4.69) is 0 Å². The summed E-state index contributed by atoms with van der Waals surface area (Å²) in [4.78, 5) is 12.2. The first kappa shape index (κ1) is 17.1. The first-order valence-corrected chi connectivity index (χ1v) is 9.50. The van der Waals surface area contributed by atoms with Crippen LogP contribution in [0.25, 0.3) is 0 Å². The maximum atomic E-state index is 12.8. The number of hydrogen-bond acceptors (Lipinski definition) is 6. The summed E-state index contributed by atoms with van der Waals surface area (Å²) in [5.41, 5.74) is 0. The van der Waals surface area contributed by atoms with Gasteiger partial charge in [0.05, 0.1) is 18.6 Å². The van der Waals surface area contributed by atoms with Gasteiger partial charge in [-0.05, 0) is 31.2 Å². The third-order valence-corrected chi connectivity index (χ3v) is 6.25. The van der Waals surface area contributed by atoms with Crippen molar-refractivity contribution in [3.63, 3.8) is 0 Å². The minimum atomic E-state index is -3.74. The number of carbonyl (C=O) groups is 1. The number of hydrogen-bond donors (Lipinski definition) is 0. The molecule has 8 heteroatoms. The SMILES string of the molecule is CCOC(=O)C1CSCCN1S(=O)(=O)c1ccc(OC)cc1. The van der Waals surface area contributed by atoms with E-state index in [1.54, 1.807) is 30.8 Å². The predicted octanol–water partition coefficient (Wildman–Crippen LogP) is 1.36. The van der Waals surface area contributed by atoms with Crippen molar-refractivity contribution in [3.8, 4) is 5.75 Å². The van der Waals surface area contributed by atoms with Gasteiger partial charge in [-0.15, -0.1) is 0 Å². The third-order valence-electron chi connectivity index (χ3n) is 3.30. The van der Waals surface area contributed by atoms with Crippen LogP contribution in [0.15, 0.2) is 29.2 Å². The van der Waals surface area contributed by atoms with Crippen molar-refractivity contribution in [3.05, 3.63) is 24.3 Å².